The van der Waals surface area contributed by atoms with Crippen molar-refractivity contribution < 1.29 is 19.8 Å². The summed E-state index contributed by atoms with van der Waals surface area (Å²) in [4.78, 5) is 23.5. The van der Waals surface area contributed by atoms with Crippen molar-refractivity contribution in [3.8, 4) is 5.75 Å². The molecule has 2 rings (SSSR count). The number of hydrogen-bond acceptors (Lipinski definition) is 4. The van der Waals surface area contributed by atoms with E-state index in [0.29, 0.717) is 0 Å². The molecular weight excluding hydrogens is 344 g/mol. The lowest BCUT2D eigenvalue weighted by molar-refractivity contribution is -0.141. The van der Waals surface area contributed by atoms with Gasteiger partial charge in [0.05, 0.1) is 6.04 Å². The zero-order valence-corrected chi connectivity index (χ0v) is 14.3. The lowest BCUT2D eigenvalue weighted by Crippen LogP contribution is -2.50. The van der Waals surface area contributed by atoms with E-state index in [9.17, 15) is 19.8 Å². The van der Waals surface area contributed by atoms with E-state index >= 15 is 0 Å². The fraction of sp³-hybridized carbons (Fsp3) is 0.222. The molecule has 0 aromatic heterocycles. The first-order valence-electron chi connectivity index (χ1n) is 7.56. The number of nitrogens with two attached hydrogens (primary N) is 1. The van der Waals surface area contributed by atoms with Crippen molar-refractivity contribution in [3.63, 3.8) is 0 Å². The Balaban J connectivity index is 0.00000312. The summed E-state index contributed by atoms with van der Waals surface area (Å²) in [5, 5.41) is 21.0. The number of phenolic OH excluding ortho intramolecular Hbond substituents is 1. The lowest BCUT2D eigenvalue weighted by atomic mass is 10.0. The third-order valence-corrected chi connectivity index (χ3v) is 3.63. The van der Waals surface area contributed by atoms with Crippen LogP contribution in [0.15, 0.2) is 54.6 Å². The van der Waals surface area contributed by atoms with Crippen LogP contribution in [0, 0.1) is 0 Å². The highest BCUT2D eigenvalue weighted by Gasteiger charge is 2.23. The maximum Gasteiger partial charge on any atom is 0.326 e. The van der Waals surface area contributed by atoms with Crippen molar-refractivity contribution in [1.29, 1.82) is 0 Å². The molecular formula is C18H21ClN2O4. The summed E-state index contributed by atoms with van der Waals surface area (Å²) in [6.07, 6.45) is 0.442. The van der Waals surface area contributed by atoms with Gasteiger partial charge in [-0.3, -0.25) is 4.79 Å². The van der Waals surface area contributed by atoms with Crippen molar-refractivity contribution >= 4 is 24.3 Å². The molecule has 0 saturated carbocycles. The highest BCUT2D eigenvalue weighted by Crippen LogP contribution is 2.11. The number of carbonyl (C=O) groups is 2. The molecule has 0 heterocycles. The van der Waals surface area contributed by atoms with Crippen LogP contribution in [-0.4, -0.2) is 34.2 Å². The Morgan fingerprint density at radius 2 is 1.52 bits per heavy atom. The largest absolute Gasteiger partial charge is 0.508 e. The van der Waals surface area contributed by atoms with E-state index < -0.39 is 24.0 Å². The predicted molar refractivity (Wildman–Crippen MR) is 96.7 cm³/mol. The second kappa shape index (κ2) is 9.66. The topological polar surface area (TPSA) is 113 Å². The van der Waals surface area contributed by atoms with Crippen LogP contribution in [0.25, 0.3) is 0 Å². The van der Waals surface area contributed by atoms with Crippen molar-refractivity contribution in [2.45, 2.75) is 24.9 Å². The van der Waals surface area contributed by atoms with Gasteiger partial charge in [-0.15, -0.1) is 12.4 Å². The SMILES string of the molecule is Cl.NC(Cc1ccc(O)cc1)C(=O)NC(Cc1ccccc1)C(=O)O. The van der Waals surface area contributed by atoms with E-state index in [1.165, 1.54) is 12.1 Å². The molecule has 0 saturated heterocycles. The van der Waals surface area contributed by atoms with Crippen LogP contribution in [0.3, 0.4) is 0 Å². The molecule has 0 aliphatic carbocycles. The van der Waals surface area contributed by atoms with Crippen LogP contribution >= 0.6 is 12.4 Å². The van der Waals surface area contributed by atoms with Gasteiger partial charge in [-0.2, -0.15) is 0 Å². The standard InChI is InChI=1S/C18H20N2O4.ClH/c19-15(10-13-6-8-14(21)9-7-13)17(22)20-16(18(23)24)11-12-4-2-1-3-5-12;/h1-9,15-16,21H,10-11,19H2,(H,20,22)(H,23,24);1H. The monoisotopic (exact) mass is 364 g/mol. The second-order valence-electron chi connectivity index (χ2n) is 5.57. The van der Waals surface area contributed by atoms with Gasteiger partial charge in [0.25, 0.3) is 0 Å². The van der Waals surface area contributed by atoms with Crippen LogP contribution in [-0.2, 0) is 22.4 Å². The summed E-state index contributed by atoms with van der Waals surface area (Å²) in [5.41, 5.74) is 7.46. The van der Waals surface area contributed by atoms with Crippen LogP contribution in [0.4, 0.5) is 0 Å². The van der Waals surface area contributed by atoms with Crippen molar-refractivity contribution in [2.75, 3.05) is 0 Å². The first-order valence-corrected chi connectivity index (χ1v) is 7.56. The van der Waals surface area contributed by atoms with Gasteiger partial charge in [-0.25, -0.2) is 4.79 Å². The van der Waals surface area contributed by atoms with E-state index in [-0.39, 0.29) is 31.0 Å². The van der Waals surface area contributed by atoms with Crippen LogP contribution in [0.2, 0.25) is 0 Å². The summed E-state index contributed by atoms with van der Waals surface area (Å²) in [5.74, 6) is -1.50. The molecule has 2 aromatic rings. The number of carboxylic acids is 1. The van der Waals surface area contributed by atoms with Gasteiger partial charge >= 0.3 is 5.97 Å². The Bertz CT molecular complexity index is 692. The number of halogens is 1. The maximum absolute atomic E-state index is 12.2. The first kappa shape index (κ1) is 20.5. The molecule has 25 heavy (non-hydrogen) atoms. The van der Waals surface area contributed by atoms with Gasteiger partial charge in [-0.05, 0) is 29.7 Å². The summed E-state index contributed by atoms with van der Waals surface area (Å²) >= 11 is 0. The molecule has 2 unspecified atom stereocenters. The van der Waals surface area contributed by atoms with Gasteiger partial charge in [0, 0.05) is 6.42 Å². The molecule has 0 fully saturated rings. The predicted octanol–water partition coefficient (Wildman–Crippen LogP) is 1.50. The average Bonchev–Trinajstić information content (AvgIpc) is 2.57. The number of nitrogens with one attached hydrogen (secondary N) is 1. The normalized spacial score (nSPS) is 12.5. The van der Waals surface area contributed by atoms with E-state index in [1.54, 1.807) is 24.3 Å². The average molecular weight is 365 g/mol. The zero-order valence-electron chi connectivity index (χ0n) is 13.5. The van der Waals surface area contributed by atoms with Crippen molar-refractivity contribution in [3.05, 3.63) is 65.7 Å². The number of carboxylic acid groups (broad SMARTS) is 1. The lowest BCUT2D eigenvalue weighted by Gasteiger charge is -2.18. The minimum atomic E-state index is -1.11. The summed E-state index contributed by atoms with van der Waals surface area (Å²) in [6, 6.07) is 13.5. The molecule has 0 aliphatic rings. The van der Waals surface area contributed by atoms with Crippen molar-refractivity contribution in [2.24, 2.45) is 5.73 Å². The molecule has 0 aliphatic heterocycles. The Kier molecular flexibility index (Phi) is 7.91. The third-order valence-electron chi connectivity index (χ3n) is 3.63. The number of rotatable bonds is 7. The number of amides is 1. The fourth-order valence-electron chi connectivity index (χ4n) is 2.31. The minimum Gasteiger partial charge on any atom is -0.508 e. The number of benzene rings is 2. The molecule has 5 N–H and O–H groups in total. The number of aliphatic carboxylic acids is 1. The minimum absolute atomic E-state index is 0. The molecule has 0 bridgehead atoms. The molecule has 0 spiro atoms. The van der Waals surface area contributed by atoms with Crippen LogP contribution < -0.4 is 11.1 Å². The van der Waals surface area contributed by atoms with Gasteiger partial charge in [-0.1, -0.05) is 42.5 Å². The Hall–Kier alpha value is -2.57. The Morgan fingerprint density at radius 3 is 2.08 bits per heavy atom. The summed E-state index contributed by atoms with van der Waals surface area (Å²) in [7, 11) is 0. The molecule has 0 radical (unpaired) electrons. The molecule has 2 aromatic carbocycles. The van der Waals surface area contributed by atoms with Gasteiger partial charge in [0.15, 0.2) is 0 Å². The fourth-order valence-corrected chi connectivity index (χ4v) is 2.31. The molecule has 6 nitrogen and oxygen atoms in total. The highest BCUT2D eigenvalue weighted by atomic mass is 35.5. The second-order valence-corrected chi connectivity index (χ2v) is 5.57. The van der Waals surface area contributed by atoms with Crippen molar-refractivity contribution in [1.82, 2.24) is 5.32 Å². The molecule has 1 amide bonds. The Labute approximate surface area is 152 Å². The van der Waals surface area contributed by atoms with E-state index in [2.05, 4.69) is 5.32 Å². The quantitative estimate of drug-likeness (QED) is 0.594. The Morgan fingerprint density at radius 1 is 0.960 bits per heavy atom. The third kappa shape index (κ3) is 6.45. The van der Waals surface area contributed by atoms with Gasteiger partial charge in [0.1, 0.15) is 11.8 Å². The van der Waals surface area contributed by atoms with Crippen LogP contribution in [0.1, 0.15) is 11.1 Å². The number of hydrogen-bond donors (Lipinski definition) is 4. The zero-order chi connectivity index (χ0) is 17.5. The van der Waals surface area contributed by atoms with Gasteiger partial charge < -0.3 is 21.3 Å². The maximum atomic E-state index is 12.2. The van der Waals surface area contributed by atoms with Gasteiger partial charge in [0.2, 0.25) is 5.91 Å². The number of carbonyl (C=O) groups excluding carboxylic acids is 1. The molecule has 7 heteroatoms. The van der Waals surface area contributed by atoms with E-state index in [4.69, 9.17) is 5.73 Å². The number of phenols is 1. The first-order chi connectivity index (χ1) is 11.5. The highest BCUT2D eigenvalue weighted by molar-refractivity contribution is 5.87. The summed E-state index contributed by atoms with van der Waals surface area (Å²) < 4.78 is 0. The smallest absolute Gasteiger partial charge is 0.326 e. The van der Waals surface area contributed by atoms with E-state index in [0.717, 1.165) is 11.1 Å². The molecule has 134 valence electrons. The van der Waals surface area contributed by atoms with Crippen LogP contribution in [0.5, 0.6) is 5.75 Å². The van der Waals surface area contributed by atoms with E-state index in [1.807, 2.05) is 18.2 Å². The summed E-state index contributed by atoms with van der Waals surface area (Å²) in [6.45, 7) is 0. The molecule has 2 atom stereocenters. The number of aromatic hydroxyl groups is 1.